The highest BCUT2D eigenvalue weighted by molar-refractivity contribution is 5.05. The van der Waals surface area contributed by atoms with Gasteiger partial charge in [0, 0.05) is 0 Å². The van der Waals surface area contributed by atoms with E-state index in [4.69, 9.17) is 9.78 Å². The lowest BCUT2D eigenvalue weighted by atomic mass is 10.1. The Balaban J connectivity index is 2.50. The molecule has 0 aliphatic carbocycles. The van der Waals surface area contributed by atoms with E-state index in [0.29, 0.717) is 6.61 Å². The van der Waals surface area contributed by atoms with Crippen molar-refractivity contribution in [2.24, 2.45) is 0 Å². The number of hydrogen-bond donors (Lipinski definition) is 0. The molecule has 1 atom stereocenters. The van der Waals surface area contributed by atoms with Gasteiger partial charge in [-0.25, -0.2) is 9.78 Å². The van der Waals surface area contributed by atoms with Crippen molar-refractivity contribution in [1.29, 1.82) is 0 Å². The van der Waals surface area contributed by atoms with Crippen LogP contribution in [-0.4, -0.2) is 12.7 Å². The first-order valence-electron chi connectivity index (χ1n) is 3.29. The molecular weight excluding hydrogens is 116 g/mol. The fraction of sp³-hybridized carbons (Fsp3) is 0.714. The predicted octanol–water partition coefficient (Wildman–Crippen LogP) is 1.67. The molecule has 0 saturated heterocycles. The van der Waals surface area contributed by atoms with Crippen LogP contribution < -0.4 is 0 Å². The highest BCUT2D eigenvalue weighted by Crippen LogP contribution is 2.14. The molecule has 0 amide bonds. The van der Waals surface area contributed by atoms with Crippen LogP contribution in [0, 0.1) is 0 Å². The lowest BCUT2D eigenvalue weighted by Crippen LogP contribution is -2.18. The van der Waals surface area contributed by atoms with Crippen molar-refractivity contribution < 1.29 is 9.78 Å². The van der Waals surface area contributed by atoms with Crippen LogP contribution in [0.25, 0.3) is 0 Å². The monoisotopic (exact) mass is 128 g/mol. The van der Waals surface area contributed by atoms with Gasteiger partial charge in [0.2, 0.25) is 0 Å². The SMILES string of the molecule is CCC1OOCC=C1C. The molecule has 0 aromatic heterocycles. The van der Waals surface area contributed by atoms with Crippen molar-refractivity contribution in [1.82, 2.24) is 0 Å². The molecule has 0 aromatic rings. The molecule has 2 heteroatoms. The smallest absolute Gasteiger partial charge is 0.114 e. The second-order valence-electron chi connectivity index (χ2n) is 2.23. The molecule has 0 fully saturated rings. The molecule has 1 rings (SSSR count). The first-order valence-corrected chi connectivity index (χ1v) is 3.29. The van der Waals surface area contributed by atoms with Gasteiger partial charge >= 0.3 is 0 Å². The third-order valence-electron chi connectivity index (χ3n) is 1.54. The minimum absolute atomic E-state index is 0.193. The minimum atomic E-state index is 0.193. The molecule has 0 spiro atoms. The quantitative estimate of drug-likeness (QED) is 0.395. The van der Waals surface area contributed by atoms with E-state index in [-0.39, 0.29) is 6.10 Å². The van der Waals surface area contributed by atoms with Gasteiger partial charge in [0.15, 0.2) is 0 Å². The maximum Gasteiger partial charge on any atom is 0.114 e. The zero-order valence-electron chi connectivity index (χ0n) is 5.89. The van der Waals surface area contributed by atoms with Crippen LogP contribution in [0.5, 0.6) is 0 Å². The average Bonchev–Trinajstić information content (AvgIpc) is 1.89. The van der Waals surface area contributed by atoms with Gasteiger partial charge in [-0.3, -0.25) is 0 Å². The van der Waals surface area contributed by atoms with Gasteiger partial charge in [-0.1, -0.05) is 13.0 Å². The van der Waals surface area contributed by atoms with E-state index in [1.165, 1.54) is 5.57 Å². The molecule has 1 unspecified atom stereocenters. The molecule has 9 heavy (non-hydrogen) atoms. The normalized spacial score (nSPS) is 27.8. The Morgan fingerprint density at radius 3 is 3.00 bits per heavy atom. The van der Waals surface area contributed by atoms with E-state index in [1.54, 1.807) is 0 Å². The Bertz CT molecular complexity index is 118. The molecule has 1 heterocycles. The van der Waals surface area contributed by atoms with Gasteiger partial charge in [-0.2, -0.15) is 0 Å². The van der Waals surface area contributed by atoms with E-state index in [9.17, 15) is 0 Å². The third kappa shape index (κ3) is 1.53. The highest BCUT2D eigenvalue weighted by atomic mass is 17.2. The summed E-state index contributed by atoms with van der Waals surface area (Å²) < 4.78 is 0. The van der Waals surface area contributed by atoms with Crippen molar-refractivity contribution in [3.05, 3.63) is 11.6 Å². The minimum Gasteiger partial charge on any atom is -0.232 e. The number of hydrogen-bond acceptors (Lipinski definition) is 2. The topological polar surface area (TPSA) is 18.5 Å². The van der Waals surface area contributed by atoms with E-state index < -0.39 is 0 Å². The van der Waals surface area contributed by atoms with Gasteiger partial charge < -0.3 is 0 Å². The van der Waals surface area contributed by atoms with Gasteiger partial charge in [-0.15, -0.1) is 0 Å². The van der Waals surface area contributed by atoms with E-state index in [1.807, 2.05) is 0 Å². The molecule has 1 aliphatic rings. The van der Waals surface area contributed by atoms with Crippen LogP contribution in [0.15, 0.2) is 11.6 Å². The Labute approximate surface area is 55.4 Å². The number of rotatable bonds is 1. The zero-order chi connectivity index (χ0) is 6.69. The highest BCUT2D eigenvalue weighted by Gasteiger charge is 2.12. The van der Waals surface area contributed by atoms with Crippen molar-refractivity contribution in [3.8, 4) is 0 Å². The molecule has 0 aromatic carbocycles. The summed E-state index contributed by atoms with van der Waals surface area (Å²) in [7, 11) is 0. The summed E-state index contributed by atoms with van der Waals surface area (Å²) in [6, 6.07) is 0. The largest absolute Gasteiger partial charge is 0.232 e. The summed E-state index contributed by atoms with van der Waals surface area (Å²) >= 11 is 0. The summed E-state index contributed by atoms with van der Waals surface area (Å²) in [6.07, 6.45) is 3.23. The molecule has 1 aliphatic heterocycles. The fourth-order valence-corrected chi connectivity index (χ4v) is 0.884. The molecule has 2 nitrogen and oxygen atoms in total. The maximum absolute atomic E-state index is 4.97. The first kappa shape index (κ1) is 6.78. The first-order chi connectivity index (χ1) is 4.34. The lowest BCUT2D eigenvalue weighted by Gasteiger charge is -2.19. The van der Waals surface area contributed by atoms with Gasteiger partial charge in [-0.05, 0) is 18.9 Å². The van der Waals surface area contributed by atoms with Gasteiger partial charge in [0.1, 0.15) is 12.7 Å². The van der Waals surface area contributed by atoms with Crippen molar-refractivity contribution in [2.75, 3.05) is 6.61 Å². The van der Waals surface area contributed by atoms with Crippen molar-refractivity contribution in [3.63, 3.8) is 0 Å². The Morgan fingerprint density at radius 2 is 2.56 bits per heavy atom. The molecule has 0 saturated carbocycles. The fourth-order valence-electron chi connectivity index (χ4n) is 0.884. The Hall–Kier alpha value is -0.340. The van der Waals surface area contributed by atoms with Crippen LogP contribution in [0.1, 0.15) is 20.3 Å². The zero-order valence-corrected chi connectivity index (χ0v) is 5.89. The molecular formula is C7H12O2. The molecule has 0 bridgehead atoms. The van der Waals surface area contributed by atoms with E-state index in [0.717, 1.165) is 6.42 Å². The Kier molecular flexibility index (Phi) is 2.25. The lowest BCUT2D eigenvalue weighted by molar-refractivity contribution is -0.316. The summed E-state index contributed by atoms with van der Waals surface area (Å²) in [6.45, 7) is 4.75. The second-order valence-corrected chi connectivity index (χ2v) is 2.23. The summed E-state index contributed by atoms with van der Waals surface area (Å²) in [5, 5.41) is 0. The summed E-state index contributed by atoms with van der Waals surface area (Å²) in [5.41, 5.74) is 1.28. The molecule has 0 N–H and O–H groups in total. The molecule has 52 valence electrons. The van der Waals surface area contributed by atoms with Gasteiger partial charge in [0.25, 0.3) is 0 Å². The van der Waals surface area contributed by atoms with E-state index in [2.05, 4.69) is 19.9 Å². The summed E-state index contributed by atoms with van der Waals surface area (Å²) in [5.74, 6) is 0. The van der Waals surface area contributed by atoms with E-state index >= 15 is 0 Å². The standard InChI is InChI=1S/C7H12O2/c1-3-7-6(2)4-5-8-9-7/h4,7H,3,5H2,1-2H3. The Morgan fingerprint density at radius 1 is 1.78 bits per heavy atom. The van der Waals surface area contributed by atoms with Crippen molar-refractivity contribution in [2.45, 2.75) is 26.4 Å². The van der Waals surface area contributed by atoms with Gasteiger partial charge in [0.05, 0.1) is 0 Å². The maximum atomic E-state index is 4.97. The van der Waals surface area contributed by atoms with Crippen LogP contribution in [-0.2, 0) is 9.78 Å². The van der Waals surface area contributed by atoms with Crippen LogP contribution in [0.4, 0.5) is 0 Å². The molecule has 0 radical (unpaired) electrons. The van der Waals surface area contributed by atoms with Crippen LogP contribution >= 0.6 is 0 Å². The second kappa shape index (κ2) is 2.99. The summed E-state index contributed by atoms with van der Waals surface area (Å²) in [4.78, 5) is 9.74. The van der Waals surface area contributed by atoms with Crippen LogP contribution in [0.2, 0.25) is 0 Å². The third-order valence-corrected chi connectivity index (χ3v) is 1.54. The van der Waals surface area contributed by atoms with Crippen LogP contribution in [0.3, 0.4) is 0 Å². The average molecular weight is 128 g/mol. The van der Waals surface area contributed by atoms with Crippen molar-refractivity contribution >= 4 is 0 Å². The predicted molar refractivity (Wildman–Crippen MR) is 34.9 cm³/mol.